The second-order valence-electron chi connectivity index (χ2n) is 4.09. The predicted molar refractivity (Wildman–Crippen MR) is 81.7 cm³/mol. The summed E-state index contributed by atoms with van der Waals surface area (Å²) in [6.45, 7) is 0.526. The van der Waals surface area contributed by atoms with Crippen LogP contribution >= 0.6 is 27.3 Å². The van der Waals surface area contributed by atoms with Gasteiger partial charge in [0.25, 0.3) is 0 Å². The van der Waals surface area contributed by atoms with Crippen molar-refractivity contribution in [3.63, 3.8) is 0 Å². The molecule has 1 aromatic heterocycles. The molecule has 1 aromatic carbocycles. The number of para-hydroxylation sites is 1. The van der Waals surface area contributed by atoms with E-state index in [4.69, 9.17) is 15.6 Å². The molecule has 2 rings (SSSR count). The van der Waals surface area contributed by atoms with Gasteiger partial charge in [0, 0.05) is 27.9 Å². The van der Waals surface area contributed by atoms with E-state index in [1.165, 1.54) is 0 Å². The van der Waals surface area contributed by atoms with Crippen LogP contribution in [0.5, 0.6) is 5.75 Å². The topological polar surface area (TPSA) is 55.5 Å². The van der Waals surface area contributed by atoms with Crippen LogP contribution in [0.1, 0.15) is 16.5 Å². The highest BCUT2D eigenvalue weighted by Crippen LogP contribution is 2.30. The van der Waals surface area contributed by atoms with E-state index in [9.17, 15) is 0 Å². The fourth-order valence-electron chi connectivity index (χ4n) is 1.82. The molecule has 0 fully saturated rings. The standard InChI is InChI=1S/C14H16BrNO2S/c15-11-7-14(19-9-11)13(8-16)18-12-4-2-1-3-10(12)5-6-17/h1-4,7,9,13,17H,5-6,8,16H2. The van der Waals surface area contributed by atoms with E-state index < -0.39 is 0 Å². The number of halogens is 1. The number of nitrogens with two attached hydrogens (primary N) is 1. The molecule has 0 radical (unpaired) electrons. The normalized spacial score (nSPS) is 12.4. The summed E-state index contributed by atoms with van der Waals surface area (Å²) >= 11 is 5.05. The van der Waals surface area contributed by atoms with Gasteiger partial charge in [0.05, 0.1) is 0 Å². The number of thiophene rings is 1. The summed E-state index contributed by atoms with van der Waals surface area (Å²) in [5.74, 6) is 0.788. The third-order valence-corrected chi connectivity index (χ3v) is 4.53. The van der Waals surface area contributed by atoms with Gasteiger partial charge in [0.1, 0.15) is 11.9 Å². The SMILES string of the molecule is NCC(Oc1ccccc1CCO)c1cc(Br)cs1. The molecule has 0 aliphatic heterocycles. The molecule has 0 aliphatic rings. The minimum atomic E-state index is -0.156. The summed E-state index contributed by atoms with van der Waals surface area (Å²) in [6, 6.07) is 9.77. The van der Waals surface area contributed by atoms with E-state index >= 15 is 0 Å². The van der Waals surface area contributed by atoms with Crippen molar-refractivity contribution in [3.8, 4) is 5.75 Å². The molecule has 5 heteroatoms. The van der Waals surface area contributed by atoms with Gasteiger partial charge in [-0.1, -0.05) is 18.2 Å². The summed E-state index contributed by atoms with van der Waals surface area (Å²) in [5.41, 5.74) is 6.80. The van der Waals surface area contributed by atoms with Crippen LogP contribution in [0.2, 0.25) is 0 Å². The van der Waals surface area contributed by atoms with Gasteiger partial charge in [0.2, 0.25) is 0 Å². The molecular weight excluding hydrogens is 326 g/mol. The Labute approximate surface area is 125 Å². The van der Waals surface area contributed by atoms with Crippen LogP contribution in [0.15, 0.2) is 40.2 Å². The molecule has 3 N–H and O–H groups in total. The molecule has 19 heavy (non-hydrogen) atoms. The Morgan fingerprint density at radius 2 is 2.16 bits per heavy atom. The molecule has 1 heterocycles. The Kier molecular flexibility index (Phi) is 5.39. The number of hydrogen-bond donors (Lipinski definition) is 2. The highest BCUT2D eigenvalue weighted by Gasteiger charge is 2.15. The summed E-state index contributed by atoms with van der Waals surface area (Å²) in [4.78, 5) is 1.09. The molecule has 0 saturated carbocycles. The second-order valence-corrected chi connectivity index (χ2v) is 5.95. The smallest absolute Gasteiger partial charge is 0.145 e. The monoisotopic (exact) mass is 341 g/mol. The molecule has 3 nitrogen and oxygen atoms in total. The van der Waals surface area contributed by atoms with Gasteiger partial charge in [-0.15, -0.1) is 11.3 Å². The summed E-state index contributed by atoms with van der Waals surface area (Å²) in [5, 5.41) is 11.1. The van der Waals surface area contributed by atoms with Gasteiger partial charge >= 0.3 is 0 Å². The number of aliphatic hydroxyl groups excluding tert-OH is 1. The highest BCUT2D eigenvalue weighted by molar-refractivity contribution is 9.10. The maximum absolute atomic E-state index is 9.07. The van der Waals surface area contributed by atoms with Crippen molar-refractivity contribution in [3.05, 3.63) is 50.6 Å². The fourth-order valence-corrected chi connectivity index (χ4v) is 3.30. The average molecular weight is 342 g/mol. The number of hydrogen-bond acceptors (Lipinski definition) is 4. The van der Waals surface area contributed by atoms with Crippen LogP contribution in [-0.2, 0) is 6.42 Å². The lowest BCUT2D eigenvalue weighted by Gasteiger charge is -2.18. The van der Waals surface area contributed by atoms with E-state index in [-0.39, 0.29) is 12.7 Å². The van der Waals surface area contributed by atoms with Crippen molar-refractivity contribution in [2.45, 2.75) is 12.5 Å². The predicted octanol–water partition coefficient (Wildman–Crippen LogP) is 3.12. The van der Waals surface area contributed by atoms with Crippen LogP contribution in [0.25, 0.3) is 0 Å². The molecule has 102 valence electrons. The van der Waals surface area contributed by atoms with Crippen molar-refractivity contribution < 1.29 is 9.84 Å². The Morgan fingerprint density at radius 3 is 2.79 bits per heavy atom. The van der Waals surface area contributed by atoms with Gasteiger partial charge in [-0.05, 0) is 40.0 Å². The Balaban J connectivity index is 2.18. The van der Waals surface area contributed by atoms with E-state index in [0.29, 0.717) is 13.0 Å². The zero-order valence-corrected chi connectivity index (χ0v) is 12.8. The van der Waals surface area contributed by atoms with Crippen molar-refractivity contribution in [2.24, 2.45) is 5.73 Å². The maximum atomic E-state index is 9.07. The average Bonchev–Trinajstić information content (AvgIpc) is 2.84. The van der Waals surface area contributed by atoms with Gasteiger partial charge in [-0.2, -0.15) is 0 Å². The molecule has 1 unspecified atom stereocenters. The van der Waals surface area contributed by atoms with Crippen molar-refractivity contribution in [2.75, 3.05) is 13.2 Å². The van der Waals surface area contributed by atoms with Crippen LogP contribution in [0.3, 0.4) is 0 Å². The van der Waals surface area contributed by atoms with E-state index in [1.54, 1.807) is 11.3 Å². The molecule has 0 amide bonds. The molecule has 0 aliphatic carbocycles. The zero-order valence-electron chi connectivity index (χ0n) is 10.4. The van der Waals surface area contributed by atoms with E-state index in [0.717, 1.165) is 20.7 Å². The van der Waals surface area contributed by atoms with Crippen molar-refractivity contribution >= 4 is 27.3 Å². The van der Waals surface area contributed by atoms with Crippen LogP contribution in [0.4, 0.5) is 0 Å². The third-order valence-electron chi connectivity index (χ3n) is 2.74. The molecule has 0 spiro atoms. The second kappa shape index (κ2) is 7.05. The lowest BCUT2D eigenvalue weighted by atomic mass is 10.1. The first-order valence-corrected chi connectivity index (χ1v) is 7.71. The molecule has 0 bridgehead atoms. The van der Waals surface area contributed by atoms with E-state index in [1.807, 2.05) is 35.7 Å². The van der Waals surface area contributed by atoms with Crippen LogP contribution < -0.4 is 10.5 Å². The Hall–Kier alpha value is -0.880. The summed E-state index contributed by atoms with van der Waals surface area (Å²) in [6.07, 6.45) is 0.429. The third kappa shape index (κ3) is 3.79. The van der Waals surface area contributed by atoms with Gasteiger partial charge < -0.3 is 15.6 Å². The molecule has 0 saturated heterocycles. The minimum absolute atomic E-state index is 0.109. The lowest BCUT2D eigenvalue weighted by Crippen LogP contribution is -2.18. The number of ether oxygens (including phenoxy) is 1. The first kappa shape index (κ1) is 14.5. The number of rotatable bonds is 6. The Bertz CT molecular complexity index is 530. The summed E-state index contributed by atoms with van der Waals surface area (Å²) in [7, 11) is 0. The van der Waals surface area contributed by atoms with Crippen LogP contribution in [0, 0.1) is 0 Å². The molecular formula is C14H16BrNO2S. The highest BCUT2D eigenvalue weighted by atomic mass is 79.9. The number of benzene rings is 1. The Morgan fingerprint density at radius 1 is 1.37 bits per heavy atom. The van der Waals surface area contributed by atoms with Crippen molar-refractivity contribution in [1.82, 2.24) is 0 Å². The van der Waals surface area contributed by atoms with Gasteiger partial charge in [-0.25, -0.2) is 0 Å². The molecule has 1 atom stereocenters. The fraction of sp³-hybridized carbons (Fsp3) is 0.286. The first-order valence-electron chi connectivity index (χ1n) is 6.04. The maximum Gasteiger partial charge on any atom is 0.145 e. The van der Waals surface area contributed by atoms with Gasteiger partial charge in [-0.3, -0.25) is 0 Å². The molecule has 2 aromatic rings. The summed E-state index contributed by atoms with van der Waals surface area (Å²) < 4.78 is 7.04. The van der Waals surface area contributed by atoms with E-state index in [2.05, 4.69) is 15.9 Å². The lowest BCUT2D eigenvalue weighted by molar-refractivity contribution is 0.213. The minimum Gasteiger partial charge on any atom is -0.483 e. The quantitative estimate of drug-likeness (QED) is 0.848. The van der Waals surface area contributed by atoms with Crippen molar-refractivity contribution in [1.29, 1.82) is 0 Å². The van der Waals surface area contributed by atoms with Crippen LogP contribution in [-0.4, -0.2) is 18.3 Å². The zero-order chi connectivity index (χ0) is 13.7. The first-order chi connectivity index (χ1) is 9.24. The number of aliphatic hydroxyl groups is 1. The van der Waals surface area contributed by atoms with Gasteiger partial charge in [0.15, 0.2) is 0 Å². The largest absolute Gasteiger partial charge is 0.483 e.